The lowest BCUT2D eigenvalue weighted by molar-refractivity contribution is -0.274. The highest BCUT2D eigenvalue weighted by Crippen LogP contribution is 2.28. The van der Waals surface area contributed by atoms with Crippen LogP contribution in [0.3, 0.4) is 0 Å². The fraction of sp³-hybridized carbons (Fsp3) is 0.400. The molecule has 1 aromatic carbocycles. The summed E-state index contributed by atoms with van der Waals surface area (Å²) in [5.41, 5.74) is 1.61. The zero-order valence-corrected chi connectivity index (χ0v) is 15.6. The largest absolute Gasteiger partial charge is 0.573 e. The number of alkyl halides is 3. The van der Waals surface area contributed by atoms with Crippen molar-refractivity contribution in [2.75, 3.05) is 19.8 Å². The smallest absolute Gasteiger partial charge is 0.476 e. The summed E-state index contributed by atoms with van der Waals surface area (Å²) in [5.74, 6) is 0.547. The second-order valence-corrected chi connectivity index (χ2v) is 6.88. The quantitative estimate of drug-likeness (QED) is 0.624. The third-order valence-corrected chi connectivity index (χ3v) is 4.74. The molecule has 29 heavy (non-hydrogen) atoms. The third kappa shape index (κ3) is 4.97. The van der Waals surface area contributed by atoms with Gasteiger partial charge in [0.05, 0.1) is 18.5 Å². The molecule has 0 N–H and O–H groups in total. The van der Waals surface area contributed by atoms with Crippen LogP contribution in [-0.2, 0) is 4.74 Å². The lowest BCUT2D eigenvalue weighted by Crippen LogP contribution is -2.17. The van der Waals surface area contributed by atoms with Crippen LogP contribution in [0.1, 0.15) is 19.3 Å². The molecule has 6 nitrogen and oxygen atoms in total. The summed E-state index contributed by atoms with van der Waals surface area (Å²) in [6, 6.07) is 9.22. The number of halogens is 3. The minimum atomic E-state index is -4.75. The number of rotatable bonds is 5. The maximum absolute atomic E-state index is 12.5. The predicted molar refractivity (Wildman–Crippen MR) is 98.8 cm³/mol. The third-order valence-electron chi connectivity index (χ3n) is 4.74. The Balaban J connectivity index is 1.55. The number of aromatic nitrogens is 3. The van der Waals surface area contributed by atoms with Crippen molar-refractivity contribution >= 4 is 5.65 Å². The summed E-state index contributed by atoms with van der Waals surface area (Å²) in [6.45, 7) is 2.07. The van der Waals surface area contributed by atoms with E-state index >= 15 is 0 Å². The van der Waals surface area contributed by atoms with Crippen LogP contribution in [0.15, 0.2) is 42.6 Å². The second-order valence-electron chi connectivity index (χ2n) is 6.88. The fourth-order valence-corrected chi connectivity index (χ4v) is 3.32. The molecule has 0 bridgehead atoms. The number of ether oxygens (including phenoxy) is 3. The van der Waals surface area contributed by atoms with Crippen molar-refractivity contribution < 1.29 is 27.4 Å². The minimum absolute atomic E-state index is 0.298. The zero-order chi connectivity index (χ0) is 20.3. The van der Waals surface area contributed by atoms with Crippen molar-refractivity contribution in [2.24, 2.45) is 5.92 Å². The first kappa shape index (κ1) is 19.5. The van der Waals surface area contributed by atoms with Gasteiger partial charge in [-0.3, -0.25) is 0 Å². The van der Waals surface area contributed by atoms with Crippen LogP contribution < -0.4 is 9.47 Å². The number of imidazole rings is 1. The Morgan fingerprint density at radius 3 is 2.90 bits per heavy atom. The number of hydrogen-bond donors (Lipinski definition) is 0. The topological polar surface area (TPSA) is 57.9 Å². The Kier molecular flexibility index (Phi) is 5.57. The summed E-state index contributed by atoms with van der Waals surface area (Å²) in [4.78, 5) is 4.27. The predicted octanol–water partition coefficient (Wildman–Crippen LogP) is 4.49. The molecule has 0 amide bonds. The zero-order valence-electron chi connectivity index (χ0n) is 15.6. The van der Waals surface area contributed by atoms with E-state index < -0.39 is 6.36 Å². The molecule has 1 atom stereocenters. The molecule has 1 saturated heterocycles. The summed E-state index contributed by atoms with van der Waals surface area (Å²) < 4.78 is 54.4. The van der Waals surface area contributed by atoms with E-state index in [1.54, 1.807) is 28.9 Å². The van der Waals surface area contributed by atoms with Gasteiger partial charge in [-0.2, -0.15) is 0 Å². The number of hydrogen-bond acceptors (Lipinski definition) is 5. The average molecular weight is 407 g/mol. The molecular formula is C20H20F3N3O3. The fourth-order valence-electron chi connectivity index (χ4n) is 3.32. The first-order valence-electron chi connectivity index (χ1n) is 9.39. The summed E-state index contributed by atoms with van der Waals surface area (Å²) in [5, 5.41) is 4.46. The van der Waals surface area contributed by atoms with E-state index in [9.17, 15) is 13.2 Å². The lowest BCUT2D eigenvalue weighted by atomic mass is 10.0. The van der Waals surface area contributed by atoms with Crippen LogP contribution >= 0.6 is 0 Å². The van der Waals surface area contributed by atoms with Gasteiger partial charge in [-0.05, 0) is 43.4 Å². The molecule has 2 aromatic heterocycles. The van der Waals surface area contributed by atoms with Crippen molar-refractivity contribution in [2.45, 2.75) is 25.6 Å². The van der Waals surface area contributed by atoms with Gasteiger partial charge in [0, 0.05) is 24.8 Å². The first-order valence-corrected chi connectivity index (χ1v) is 9.39. The van der Waals surface area contributed by atoms with Crippen molar-refractivity contribution in [1.29, 1.82) is 0 Å². The Morgan fingerprint density at radius 1 is 1.14 bits per heavy atom. The molecule has 0 aliphatic carbocycles. The molecule has 9 heteroatoms. The number of nitrogens with zero attached hydrogens (tertiary/aromatic N) is 3. The van der Waals surface area contributed by atoms with Gasteiger partial charge in [-0.25, -0.2) is 9.50 Å². The van der Waals surface area contributed by atoms with Gasteiger partial charge in [0.15, 0.2) is 5.65 Å². The van der Waals surface area contributed by atoms with Crippen LogP contribution in [0.25, 0.3) is 16.9 Å². The van der Waals surface area contributed by atoms with Gasteiger partial charge < -0.3 is 14.2 Å². The number of fused-ring (bicyclic) bond motifs is 1. The van der Waals surface area contributed by atoms with Crippen molar-refractivity contribution in [1.82, 2.24) is 14.6 Å². The average Bonchev–Trinajstić information content (AvgIpc) is 2.92. The molecule has 0 saturated carbocycles. The van der Waals surface area contributed by atoms with Gasteiger partial charge in [0.1, 0.15) is 5.75 Å². The molecule has 3 aromatic rings. The maximum Gasteiger partial charge on any atom is 0.573 e. The van der Waals surface area contributed by atoms with E-state index in [0.717, 1.165) is 32.5 Å². The maximum atomic E-state index is 12.5. The Morgan fingerprint density at radius 2 is 2.03 bits per heavy atom. The van der Waals surface area contributed by atoms with E-state index in [1.165, 1.54) is 18.2 Å². The van der Waals surface area contributed by atoms with Crippen LogP contribution in [0.4, 0.5) is 13.2 Å². The molecule has 1 aliphatic rings. The molecule has 1 fully saturated rings. The van der Waals surface area contributed by atoms with Crippen molar-refractivity contribution in [3.8, 4) is 22.9 Å². The lowest BCUT2D eigenvalue weighted by Gasteiger charge is -2.14. The second kappa shape index (κ2) is 8.28. The normalized spacial score (nSPS) is 17.8. The molecule has 1 unspecified atom stereocenters. The molecule has 3 heterocycles. The molecule has 0 spiro atoms. The van der Waals surface area contributed by atoms with Gasteiger partial charge in [0.2, 0.25) is 5.88 Å². The van der Waals surface area contributed by atoms with Gasteiger partial charge in [0.25, 0.3) is 0 Å². The number of benzene rings is 1. The monoisotopic (exact) mass is 407 g/mol. The van der Waals surface area contributed by atoms with E-state index in [1.807, 2.05) is 0 Å². The highest BCUT2D eigenvalue weighted by molar-refractivity contribution is 5.64. The molecule has 1 aliphatic heterocycles. The standard InChI is InChI=1S/C20H20F3N3O3/c21-20(22,23)29-16-5-1-4-15(11-16)17-12-24-18-6-7-19(25-26(17)18)28-13-14-3-2-9-27-10-8-14/h1,4-7,11-12,14H,2-3,8-10,13H2. The van der Waals surface area contributed by atoms with Gasteiger partial charge in [-0.1, -0.05) is 12.1 Å². The molecule has 0 radical (unpaired) electrons. The van der Waals surface area contributed by atoms with Crippen LogP contribution in [0, 0.1) is 5.92 Å². The van der Waals surface area contributed by atoms with Gasteiger partial charge >= 0.3 is 6.36 Å². The highest BCUT2D eigenvalue weighted by atomic mass is 19.4. The van der Waals surface area contributed by atoms with Crippen molar-refractivity contribution in [3.05, 3.63) is 42.6 Å². The highest BCUT2D eigenvalue weighted by Gasteiger charge is 2.31. The minimum Gasteiger partial charge on any atom is -0.476 e. The molecular weight excluding hydrogens is 387 g/mol. The molecule has 4 rings (SSSR count). The van der Waals surface area contributed by atoms with E-state index in [-0.39, 0.29) is 5.75 Å². The Hall–Kier alpha value is -2.81. The summed E-state index contributed by atoms with van der Waals surface area (Å²) in [6.07, 6.45) is -0.181. The Labute approximate surface area is 165 Å². The Bertz CT molecular complexity index is 966. The van der Waals surface area contributed by atoms with Gasteiger partial charge in [-0.15, -0.1) is 18.3 Å². The van der Waals surface area contributed by atoms with Crippen LogP contribution in [0.5, 0.6) is 11.6 Å². The van der Waals surface area contributed by atoms with Crippen LogP contribution in [-0.4, -0.2) is 40.8 Å². The van der Waals surface area contributed by atoms with E-state index in [0.29, 0.717) is 35.3 Å². The summed E-state index contributed by atoms with van der Waals surface area (Å²) >= 11 is 0. The SMILES string of the molecule is FC(F)(F)Oc1cccc(-c2cnc3ccc(OCC4CCCOCC4)nn23)c1. The van der Waals surface area contributed by atoms with Crippen LogP contribution in [0.2, 0.25) is 0 Å². The molecule has 154 valence electrons. The van der Waals surface area contributed by atoms with E-state index in [2.05, 4.69) is 14.8 Å². The van der Waals surface area contributed by atoms with E-state index in [4.69, 9.17) is 9.47 Å². The first-order chi connectivity index (χ1) is 14.0. The van der Waals surface area contributed by atoms with Crippen molar-refractivity contribution in [3.63, 3.8) is 0 Å². The summed E-state index contributed by atoms with van der Waals surface area (Å²) in [7, 11) is 0.